The second-order valence-electron chi connectivity index (χ2n) is 6.60. The van der Waals surface area contributed by atoms with Crippen LogP contribution >= 0.6 is 11.8 Å². The van der Waals surface area contributed by atoms with Gasteiger partial charge >= 0.3 is 5.97 Å². The number of Topliss-reactive ketones (excluding diaryl/α,β-unsaturated/α-hetero) is 1. The van der Waals surface area contributed by atoms with E-state index < -0.39 is 35.2 Å². The largest absolute Gasteiger partial charge is 0.480 e. The molecule has 29 heavy (non-hydrogen) atoms. The number of thioether (sulfide) groups is 1. The third-order valence-corrected chi connectivity index (χ3v) is 5.71. The number of amides is 1. The summed E-state index contributed by atoms with van der Waals surface area (Å²) < 4.78 is 0. The normalized spacial score (nSPS) is 15.8. The smallest absolute Gasteiger partial charge is 0.322 e. The number of hydrogen-bond acceptors (Lipinski definition) is 5. The Labute approximate surface area is 169 Å². The van der Waals surface area contributed by atoms with Gasteiger partial charge in [0.05, 0.1) is 0 Å². The Morgan fingerprint density at radius 1 is 0.931 bits per heavy atom. The molecule has 6 nitrogen and oxygen atoms in total. The van der Waals surface area contributed by atoms with E-state index in [0.29, 0.717) is 4.90 Å². The molecule has 3 aromatic rings. The summed E-state index contributed by atoms with van der Waals surface area (Å²) in [6.45, 7) is -0.645. The van der Waals surface area contributed by atoms with Gasteiger partial charge in [-0.1, -0.05) is 42.5 Å². The maximum Gasteiger partial charge on any atom is 0.322 e. The molecule has 1 aliphatic rings. The predicted molar refractivity (Wildman–Crippen MR) is 109 cm³/mol. The third-order valence-electron chi connectivity index (χ3n) is 4.71. The van der Waals surface area contributed by atoms with Crippen molar-refractivity contribution in [1.29, 1.82) is 0 Å². The van der Waals surface area contributed by atoms with Gasteiger partial charge in [0.15, 0.2) is 11.7 Å². The molecule has 1 aliphatic heterocycles. The Morgan fingerprint density at radius 3 is 2.38 bits per heavy atom. The number of carboxylic acid groups (broad SMARTS) is 1. The number of ketones is 1. The van der Waals surface area contributed by atoms with Crippen LogP contribution in [0, 0.1) is 5.92 Å². The third kappa shape index (κ3) is 3.64. The van der Waals surface area contributed by atoms with Crippen molar-refractivity contribution in [2.45, 2.75) is 4.90 Å². The van der Waals surface area contributed by atoms with Crippen molar-refractivity contribution in [3.8, 4) is 11.1 Å². The van der Waals surface area contributed by atoms with Gasteiger partial charge in [-0.25, -0.2) is 0 Å². The van der Waals surface area contributed by atoms with Crippen molar-refractivity contribution < 1.29 is 24.3 Å². The average Bonchev–Trinajstić information content (AvgIpc) is 2.71. The Hall–Kier alpha value is -3.45. The van der Waals surface area contributed by atoms with Gasteiger partial charge in [-0.05, 0) is 51.9 Å². The molecule has 2 N–H and O–H groups in total. The molecule has 0 radical (unpaired) electrons. The molecule has 144 valence electrons. The van der Waals surface area contributed by atoms with Crippen molar-refractivity contribution in [3.63, 3.8) is 0 Å². The number of carboxylic acids is 1. The van der Waals surface area contributed by atoms with E-state index in [1.807, 2.05) is 42.5 Å². The van der Waals surface area contributed by atoms with Gasteiger partial charge < -0.3 is 10.4 Å². The van der Waals surface area contributed by atoms with Gasteiger partial charge in [-0.3, -0.25) is 19.2 Å². The van der Waals surface area contributed by atoms with Crippen LogP contribution in [0.3, 0.4) is 0 Å². The first-order valence-corrected chi connectivity index (χ1v) is 9.64. The Bertz CT molecular complexity index is 1190. The fourth-order valence-corrected chi connectivity index (χ4v) is 4.29. The van der Waals surface area contributed by atoms with Gasteiger partial charge in [0, 0.05) is 10.5 Å². The van der Waals surface area contributed by atoms with Crippen LogP contribution in [-0.2, 0) is 14.4 Å². The van der Waals surface area contributed by atoms with Crippen molar-refractivity contribution in [1.82, 2.24) is 5.32 Å². The summed E-state index contributed by atoms with van der Waals surface area (Å²) in [4.78, 5) is 48.3. The molecule has 4 rings (SSSR count). The molecule has 0 saturated heterocycles. The molecule has 0 spiro atoms. The number of benzene rings is 3. The zero-order valence-corrected chi connectivity index (χ0v) is 15.9. The van der Waals surface area contributed by atoms with Crippen LogP contribution in [0.2, 0.25) is 0 Å². The zero-order chi connectivity index (χ0) is 20.5. The van der Waals surface area contributed by atoms with Crippen LogP contribution in [0.15, 0.2) is 65.6 Å². The highest BCUT2D eigenvalue weighted by atomic mass is 32.2. The van der Waals surface area contributed by atoms with E-state index in [4.69, 9.17) is 5.11 Å². The van der Waals surface area contributed by atoms with E-state index in [-0.39, 0.29) is 5.56 Å². The van der Waals surface area contributed by atoms with E-state index >= 15 is 0 Å². The highest BCUT2D eigenvalue weighted by molar-refractivity contribution is 8.14. The van der Waals surface area contributed by atoms with Crippen molar-refractivity contribution >= 4 is 45.3 Å². The maximum absolute atomic E-state index is 12.7. The molecule has 0 saturated carbocycles. The monoisotopic (exact) mass is 405 g/mol. The van der Waals surface area contributed by atoms with Crippen molar-refractivity contribution in [3.05, 3.63) is 66.2 Å². The first kappa shape index (κ1) is 18.9. The SMILES string of the molecule is O=C(O)CNC(=O)C1C(=O)Sc2cc(-c3ccc4ccccc4c3)ccc2C1=O. The summed E-state index contributed by atoms with van der Waals surface area (Å²) in [5.41, 5.74) is 2.10. The molecule has 0 fully saturated rings. The van der Waals surface area contributed by atoms with Crippen molar-refractivity contribution in [2.24, 2.45) is 5.92 Å². The minimum Gasteiger partial charge on any atom is -0.480 e. The molecule has 1 atom stereocenters. The summed E-state index contributed by atoms with van der Waals surface area (Å²) in [6.07, 6.45) is 0. The predicted octanol–water partition coefficient (Wildman–Crippen LogP) is 3.14. The van der Waals surface area contributed by atoms with Crippen LogP contribution in [0.4, 0.5) is 0 Å². The second-order valence-corrected chi connectivity index (χ2v) is 7.65. The lowest BCUT2D eigenvalue weighted by molar-refractivity contribution is -0.139. The summed E-state index contributed by atoms with van der Waals surface area (Å²) >= 11 is 0.831. The van der Waals surface area contributed by atoms with Crippen molar-refractivity contribution in [2.75, 3.05) is 6.54 Å². The van der Waals surface area contributed by atoms with E-state index in [1.54, 1.807) is 18.2 Å². The fraction of sp³-hybridized carbons (Fsp3) is 0.0909. The molecular weight excluding hydrogens is 390 g/mol. The lowest BCUT2D eigenvalue weighted by Crippen LogP contribution is -2.42. The first-order valence-electron chi connectivity index (χ1n) is 8.82. The number of carbonyl (C=O) groups excluding carboxylic acids is 3. The molecule has 0 bridgehead atoms. The molecule has 1 heterocycles. The van der Waals surface area contributed by atoms with E-state index in [0.717, 1.165) is 33.7 Å². The molecule has 0 aromatic heterocycles. The highest BCUT2D eigenvalue weighted by Gasteiger charge is 2.40. The lowest BCUT2D eigenvalue weighted by atomic mass is 9.94. The molecule has 7 heteroatoms. The quantitative estimate of drug-likeness (QED) is 0.647. The van der Waals surface area contributed by atoms with Crippen LogP contribution in [0.5, 0.6) is 0 Å². The topological polar surface area (TPSA) is 101 Å². The maximum atomic E-state index is 12.7. The van der Waals surface area contributed by atoms with Gasteiger partial charge in [-0.15, -0.1) is 0 Å². The Kier molecular flexibility index (Phi) is 4.90. The van der Waals surface area contributed by atoms with Gasteiger partial charge in [0.25, 0.3) is 0 Å². The lowest BCUT2D eigenvalue weighted by Gasteiger charge is -2.21. The first-order chi connectivity index (χ1) is 13.9. The minimum absolute atomic E-state index is 0.287. The van der Waals surface area contributed by atoms with Gasteiger partial charge in [-0.2, -0.15) is 0 Å². The standard InChI is InChI=1S/C22H15NO5S/c24-18(25)11-23-21(27)19-20(26)16-8-7-15(10-17(16)29-22(19)28)14-6-5-12-3-1-2-4-13(12)9-14/h1-10,19H,11H2,(H,23,27)(H,24,25). The Balaban J connectivity index is 1.65. The van der Waals surface area contributed by atoms with E-state index in [1.165, 1.54) is 0 Å². The summed E-state index contributed by atoms with van der Waals surface area (Å²) in [5, 5.41) is 12.4. The molecule has 1 unspecified atom stereocenters. The van der Waals surface area contributed by atoms with Gasteiger partial charge in [0.2, 0.25) is 11.0 Å². The number of nitrogens with one attached hydrogen (secondary N) is 1. The zero-order valence-electron chi connectivity index (χ0n) is 15.0. The van der Waals surface area contributed by atoms with Crippen LogP contribution in [0.1, 0.15) is 10.4 Å². The number of carbonyl (C=O) groups is 4. The number of rotatable bonds is 4. The number of fused-ring (bicyclic) bond motifs is 2. The highest BCUT2D eigenvalue weighted by Crippen LogP contribution is 2.37. The van der Waals surface area contributed by atoms with Crippen LogP contribution < -0.4 is 5.32 Å². The van der Waals surface area contributed by atoms with Crippen LogP contribution in [-0.4, -0.2) is 34.4 Å². The number of hydrogen-bond donors (Lipinski definition) is 2. The fourth-order valence-electron chi connectivity index (χ4n) is 3.28. The molecule has 3 aromatic carbocycles. The van der Waals surface area contributed by atoms with Gasteiger partial charge in [0.1, 0.15) is 6.54 Å². The average molecular weight is 405 g/mol. The number of aliphatic carboxylic acids is 1. The van der Waals surface area contributed by atoms with Crippen LogP contribution in [0.25, 0.3) is 21.9 Å². The second kappa shape index (κ2) is 7.52. The van der Waals surface area contributed by atoms with E-state index in [9.17, 15) is 19.2 Å². The molecule has 0 aliphatic carbocycles. The summed E-state index contributed by atoms with van der Waals surface area (Å²) in [6, 6.07) is 19.2. The Morgan fingerprint density at radius 2 is 1.62 bits per heavy atom. The summed E-state index contributed by atoms with van der Waals surface area (Å²) in [5.74, 6) is -4.28. The minimum atomic E-state index is -1.53. The summed E-state index contributed by atoms with van der Waals surface area (Å²) in [7, 11) is 0. The molecule has 1 amide bonds. The molecular formula is C22H15NO5S. The van der Waals surface area contributed by atoms with E-state index in [2.05, 4.69) is 5.32 Å².